The van der Waals surface area contributed by atoms with Gasteiger partial charge in [0.15, 0.2) is 0 Å². The van der Waals surface area contributed by atoms with Crippen molar-refractivity contribution in [2.75, 3.05) is 13.2 Å². The van der Waals surface area contributed by atoms with Gasteiger partial charge in [-0.2, -0.15) is 39.2 Å². The van der Waals surface area contributed by atoms with Crippen LogP contribution in [0.3, 0.4) is 0 Å². The number of carbonyl (C=O) groups is 2. The highest BCUT2D eigenvalue weighted by atomic mass is 32.2. The Labute approximate surface area is 172 Å². The van der Waals surface area contributed by atoms with Crippen molar-refractivity contribution >= 4 is 22.1 Å². The number of alkyl halides is 7. The summed E-state index contributed by atoms with van der Waals surface area (Å²) in [6, 6.07) is 0. The highest BCUT2D eigenvalue weighted by molar-refractivity contribution is 7.87. The van der Waals surface area contributed by atoms with Gasteiger partial charge in [0.2, 0.25) is 0 Å². The summed E-state index contributed by atoms with van der Waals surface area (Å²) in [7, 11) is -6.66. The second-order valence-electron chi connectivity index (χ2n) is 6.76. The zero-order chi connectivity index (χ0) is 25.1. The lowest BCUT2D eigenvalue weighted by molar-refractivity contribution is -0.360. The first kappa shape index (κ1) is 29.3. The third-order valence-corrected chi connectivity index (χ3v) is 5.01. The van der Waals surface area contributed by atoms with Gasteiger partial charge in [-0.1, -0.05) is 6.92 Å². The zero-order valence-electron chi connectivity index (χ0n) is 16.7. The van der Waals surface area contributed by atoms with Crippen LogP contribution in [0.4, 0.5) is 30.7 Å². The fourth-order valence-electron chi connectivity index (χ4n) is 1.68. The lowest BCUT2D eigenvalue weighted by Gasteiger charge is -2.35. The molecular formula is C15H21F7O8S. The molecule has 0 aliphatic rings. The molecule has 0 aromatic rings. The predicted molar refractivity (Wildman–Crippen MR) is 87.6 cm³/mol. The van der Waals surface area contributed by atoms with Crippen LogP contribution in [0, 0.1) is 5.41 Å². The summed E-state index contributed by atoms with van der Waals surface area (Å²) in [4.78, 5) is 24.1. The molecule has 1 N–H and O–H groups in total. The quantitative estimate of drug-likeness (QED) is 0.201. The lowest BCUT2D eigenvalue weighted by atomic mass is 9.90. The van der Waals surface area contributed by atoms with Crippen molar-refractivity contribution in [3.63, 3.8) is 0 Å². The van der Waals surface area contributed by atoms with Gasteiger partial charge < -0.3 is 14.2 Å². The molecule has 0 aromatic heterocycles. The molecule has 0 radical (unpaired) electrons. The zero-order valence-corrected chi connectivity index (χ0v) is 17.5. The van der Waals surface area contributed by atoms with E-state index in [0.29, 0.717) is 0 Å². The molecule has 1 unspecified atom stereocenters. The van der Waals surface area contributed by atoms with Crippen LogP contribution in [-0.4, -0.2) is 61.3 Å². The SMILES string of the molecule is CCOC(=O)C(OCCC(F)(F)C(F)(F)S(=O)(=O)O)(OC(=O)C(C)(C)CC)C(F)(F)F. The maximum absolute atomic E-state index is 13.7. The normalized spacial score (nSPS) is 15.9. The number of halogens is 7. The van der Waals surface area contributed by atoms with Crippen molar-refractivity contribution in [1.82, 2.24) is 0 Å². The van der Waals surface area contributed by atoms with E-state index in [1.807, 2.05) is 0 Å². The monoisotopic (exact) mass is 494 g/mol. The molecule has 0 saturated carbocycles. The maximum atomic E-state index is 13.7. The summed E-state index contributed by atoms with van der Waals surface area (Å²) in [6.07, 6.45) is -8.44. The summed E-state index contributed by atoms with van der Waals surface area (Å²) >= 11 is 0. The van der Waals surface area contributed by atoms with Gasteiger partial charge in [0.25, 0.3) is 0 Å². The van der Waals surface area contributed by atoms with E-state index in [9.17, 15) is 48.7 Å². The molecule has 0 heterocycles. The first-order valence-corrected chi connectivity index (χ1v) is 9.91. The minimum atomic E-state index is -6.66. The average molecular weight is 494 g/mol. The smallest absolute Gasteiger partial charge is 0.461 e. The van der Waals surface area contributed by atoms with Crippen molar-refractivity contribution < 1.29 is 67.5 Å². The van der Waals surface area contributed by atoms with Crippen LogP contribution in [-0.2, 0) is 33.9 Å². The Hall–Kier alpha value is -1.68. The Bertz CT molecular complexity index is 764. The van der Waals surface area contributed by atoms with Gasteiger partial charge in [-0.05, 0) is 27.2 Å². The Kier molecular flexibility index (Phi) is 8.93. The van der Waals surface area contributed by atoms with E-state index in [4.69, 9.17) is 4.55 Å². The molecule has 16 heteroatoms. The average Bonchev–Trinajstić information content (AvgIpc) is 2.58. The second kappa shape index (κ2) is 9.44. The molecule has 0 amide bonds. The third-order valence-electron chi connectivity index (χ3n) is 4.06. The summed E-state index contributed by atoms with van der Waals surface area (Å²) in [5, 5.41) is -6.09. The van der Waals surface area contributed by atoms with E-state index in [-0.39, 0.29) is 6.42 Å². The molecule has 0 saturated heterocycles. The van der Waals surface area contributed by atoms with E-state index in [2.05, 4.69) is 14.2 Å². The first-order chi connectivity index (χ1) is 13.6. The fraction of sp³-hybridized carbons (Fsp3) is 0.867. The third kappa shape index (κ3) is 6.19. The van der Waals surface area contributed by atoms with Crippen LogP contribution >= 0.6 is 0 Å². The number of carbonyl (C=O) groups excluding carboxylic acids is 2. The van der Waals surface area contributed by atoms with E-state index in [1.54, 1.807) is 0 Å². The number of rotatable bonds is 11. The summed E-state index contributed by atoms with van der Waals surface area (Å²) < 4.78 is 136. The van der Waals surface area contributed by atoms with E-state index in [0.717, 1.165) is 20.8 Å². The van der Waals surface area contributed by atoms with Gasteiger partial charge >= 0.3 is 45.2 Å². The Morgan fingerprint density at radius 2 is 1.42 bits per heavy atom. The van der Waals surface area contributed by atoms with Gasteiger partial charge in [-0.25, -0.2) is 4.79 Å². The molecule has 0 aliphatic heterocycles. The van der Waals surface area contributed by atoms with E-state index >= 15 is 0 Å². The van der Waals surface area contributed by atoms with Gasteiger partial charge in [0.05, 0.1) is 18.6 Å². The summed E-state index contributed by atoms with van der Waals surface area (Å²) in [5.41, 5.74) is -1.62. The van der Waals surface area contributed by atoms with Gasteiger partial charge in [0, 0.05) is 6.42 Å². The van der Waals surface area contributed by atoms with Crippen molar-refractivity contribution in [3.8, 4) is 0 Å². The number of hydrogen-bond acceptors (Lipinski definition) is 7. The van der Waals surface area contributed by atoms with E-state index in [1.165, 1.54) is 6.92 Å². The van der Waals surface area contributed by atoms with Crippen molar-refractivity contribution in [2.24, 2.45) is 5.41 Å². The van der Waals surface area contributed by atoms with Crippen LogP contribution in [0.15, 0.2) is 0 Å². The Morgan fingerprint density at radius 1 is 0.935 bits per heavy atom. The standard InChI is InChI=1S/C15H21F7O8S/c1-5-11(3,4)9(23)30-13(14(18,19)20,10(24)28-6-2)29-8-7-12(16,17)15(21,22)31(25,26)27/h5-8H2,1-4H3,(H,25,26,27). The molecule has 0 rings (SSSR count). The van der Waals surface area contributed by atoms with Crippen molar-refractivity contribution in [1.29, 1.82) is 0 Å². The molecule has 8 nitrogen and oxygen atoms in total. The first-order valence-electron chi connectivity index (χ1n) is 8.47. The minimum absolute atomic E-state index is 0.0960. The molecule has 0 aromatic carbocycles. The Morgan fingerprint density at radius 3 is 1.77 bits per heavy atom. The van der Waals surface area contributed by atoms with Crippen LogP contribution in [0.2, 0.25) is 0 Å². The predicted octanol–water partition coefficient (Wildman–Crippen LogP) is 3.31. The second-order valence-corrected chi connectivity index (χ2v) is 8.22. The minimum Gasteiger partial charge on any atom is -0.461 e. The molecular weight excluding hydrogens is 473 g/mol. The maximum Gasteiger partial charge on any atom is 0.468 e. The van der Waals surface area contributed by atoms with Gasteiger partial charge in [-0.3, -0.25) is 9.35 Å². The van der Waals surface area contributed by atoms with Gasteiger partial charge in [-0.15, -0.1) is 0 Å². The lowest BCUT2D eigenvalue weighted by Crippen LogP contribution is -2.59. The molecule has 0 fully saturated rings. The molecule has 0 spiro atoms. The molecule has 1 atom stereocenters. The van der Waals surface area contributed by atoms with Crippen molar-refractivity contribution in [2.45, 2.75) is 63.7 Å². The van der Waals surface area contributed by atoms with Gasteiger partial charge in [0.1, 0.15) is 0 Å². The Balaban J connectivity index is 6.08. The highest BCUT2D eigenvalue weighted by Gasteiger charge is 2.69. The molecule has 0 bridgehead atoms. The topological polar surface area (TPSA) is 116 Å². The van der Waals surface area contributed by atoms with Crippen LogP contribution in [0.1, 0.15) is 40.5 Å². The largest absolute Gasteiger partial charge is 0.468 e. The number of esters is 2. The number of hydrogen-bond donors (Lipinski definition) is 1. The fourth-order valence-corrected chi connectivity index (χ4v) is 2.16. The number of ether oxygens (including phenoxy) is 3. The molecule has 184 valence electrons. The molecule has 31 heavy (non-hydrogen) atoms. The van der Waals surface area contributed by atoms with E-state index < -0.39 is 70.2 Å². The van der Waals surface area contributed by atoms with Crippen LogP contribution in [0.5, 0.6) is 0 Å². The van der Waals surface area contributed by atoms with Crippen LogP contribution < -0.4 is 0 Å². The molecule has 0 aliphatic carbocycles. The highest BCUT2D eigenvalue weighted by Crippen LogP contribution is 2.43. The van der Waals surface area contributed by atoms with Crippen molar-refractivity contribution in [3.05, 3.63) is 0 Å². The summed E-state index contributed by atoms with van der Waals surface area (Å²) in [5.74, 6) is -14.3. The summed E-state index contributed by atoms with van der Waals surface area (Å²) in [6.45, 7) is 1.92. The van der Waals surface area contributed by atoms with Crippen LogP contribution in [0.25, 0.3) is 0 Å².